The fourth-order valence-electron chi connectivity index (χ4n) is 6.83. The molecule has 45 heavy (non-hydrogen) atoms. The second kappa shape index (κ2) is 10.3. The Bertz CT molecular complexity index is 2470. The van der Waals surface area contributed by atoms with Crippen LogP contribution < -0.4 is 0 Å². The third-order valence-electron chi connectivity index (χ3n) is 8.87. The summed E-state index contributed by atoms with van der Waals surface area (Å²) in [5.41, 5.74) is 9.04. The lowest BCUT2D eigenvalue weighted by atomic mass is 9.86. The molecule has 0 aliphatic carbocycles. The second-order valence-electron chi connectivity index (χ2n) is 11.5. The summed E-state index contributed by atoms with van der Waals surface area (Å²) in [6.07, 6.45) is 3.92. The number of rotatable bonds is 4. The minimum atomic E-state index is 0.928. The summed E-state index contributed by atoms with van der Waals surface area (Å²) in [7, 11) is 0. The fraction of sp³-hybridized carbons (Fsp3) is 0. The number of pyridine rings is 1. The van der Waals surface area contributed by atoms with E-state index < -0.39 is 0 Å². The van der Waals surface area contributed by atoms with Gasteiger partial charge in [-0.25, -0.2) is 4.98 Å². The van der Waals surface area contributed by atoms with Gasteiger partial charge in [0.25, 0.3) is 0 Å². The predicted molar refractivity (Wildman–Crippen MR) is 188 cm³/mol. The van der Waals surface area contributed by atoms with Gasteiger partial charge in [-0.2, -0.15) is 0 Å². The standard InChI is InChI=1S/C42H27N3/c1-2-12-33(13-3-1)45-39-17-9-8-16-38(39)44-42(45)30-21-19-29(20-22-30)40-34-14-6-7-15-35(34)41(36-24-25-43-27-37(36)40)32-23-18-28-10-4-5-11-31(28)26-32/h1-27H. The topological polar surface area (TPSA) is 30.7 Å². The Kier molecular flexibility index (Phi) is 5.82. The van der Waals surface area contributed by atoms with Crippen LogP contribution in [0, 0.1) is 0 Å². The summed E-state index contributed by atoms with van der Waals surface area (Å²) >= 11 is 0. The first-order valence-corrected chi connectivity index (χ1v) is 15.2. The quantitative estimate of drug-likeness (QED) is 0.196. The molecule has 7 aromatic carbocycles. The van der Waals surface area contributed by atoms with Crippen LogP contribution in [0.4, 0.5) is 0 Å². The van der Waals surface area contributed by atoms with Crippen molar-refractivity contribution in [1.29, 1.82) is 0 Å². The van der Waals surface area contributed by atoms with Crippen molar-refractivity contribution in [3.05, 3.63) is 164 Å². The van der Waals surface area contributed by atoms with Gasteiger partial charge in [0, 0.05) is 29.0 Å². The van der Waals surface area contributed by atoms with Gasteiger partial charge in [0.2, 0.25) is 0 Å². The molecule has 0 N–H and O–H groups in total. The van der Waals surface area contributed by atoms with Crippen molar-refractivity contribution < 1.29 is 0 Å². The molecule has 0 aliphatic rings. The van der Waals surface area contributed by atoms with Crippen LogP contribution >= 0.6 is 0 Å². The molecule has 0 bridgehead atoms. The fourth-order valence-corrected chi connectivity index (χ4v) is 6.83. The van der Waals surface area contributed by atoms with Gasteiger partial charge in [0.1, 0.15) is 5.82 Å². The van der Waals surface area contributed by atoms with Gasteiger partial charge in [-0.05, 0) is 85.6 Å². The van der Waals surface area contributed by atoms with Gasteiger partial charge >= 0.3 is 0 Å². The van der Waals surface area contributed by atoms with Crippen LogP contribution in [-0.2, 0) is 0 Å². The lowest BCUT2D eigenvalue weighted by Gasteiger charge is -2.18. The first-order valence-electron chi connectivity index (χ1n) is 15.2. The highest BCUT2D eigenvalue weighted by Crippen LogP contribution is 2.44. The molecule has 0 saturated heterocycles. The van der Waals surface area contributed by atoms with Crippen LogP contribution in [-0.4, -0.2) is 14.5 Å². The summed E-state index contributed by atoms with van der Waals surface area (Å²) in [6, 6.07) is 53.9. The van der Waals surface area contributed by atoms with E-state index in [-0.39, 0.29) is 0 Å². The SMILES string of the molecule is c1ccc(-n2c(-c3ccc(-c4c5ccccc5c(-c5ccc6ccccc6c5)c5ccncc45)cc3)nc3ccccc32)cc1. The summed E-state index contributed by atoms with van der Waals surface area (Å²) in [6.45, 7) is 0. The van der Waals surface area contributed by atoms with Gasteiger partial charge in [0.15, 0.2) is 0 Å². The van der Waals surface area contributed by atoms with Gasteiger partial charge in [-0.15, -0.1) is 0 Å². The molecule has 2 heterocycles. The van der Waals surface area contributed by atoms with Crippen molar-refractivity contribution >= 4 is 43.4 Å². The molecule has 0 unspecified atom stereocenters. The van der Waals surface area contributed by atoms with E-state index in [0.717, 1.165) is 39.1 Å². The Morgan fingerprint density at radius 3 is 1.89 bits per heavy atom. The first kappa shape index (κ1) is 25.4. The van der Waals surface area contributed by atoms with E-state index in [1.54, 1.807) is 0 Å². The number of benzene rings is 7. The number of nitrogens with zero attached hydrogens (tertiary/aromatic N) is 3. The van der Waals surface area contributed by atoms with Gasteiger partial charge in [-0.3, -0.25) is 9.55 Å². The van der Waals surface area contributed by atoms with Gasteiger partial charge in [-0.1, -0.05) is 115 Å². The molecule has 3 nitrogen and oxygen atoms in total. The molecule has 9 aromatic rings. The van der Waals surface area contributed by atoms with E-state index in [1.165, 1.54) is 43.6 Å². The van der Waals surface area contributed by atoms with Crippen LogP contribution in [0.15, 0.2) is 164 Å². The Morgan fingerprint density at radius 2 is 1.07 bits per heavy atom. The molecular formula is C42H27N3. The molecule has 0 aliphatic heterocycles. The zero-order valence-corrected chi connectivity index (χ0v) is 24.4. The molecule has 0 saturated carbocycles. The maximum atomic E-state index is 5.08. The highest BCUT2D eigenvalue weighted by Gasteiger charge is 2.18. The molecule has 9 rings (SSSR count). The number of imidazole rings is 1. The summed E-state index contributed by atoms with van der Waals surface area (Å²) in [4.78, 5) is 9.69. The number of hydrogen-bond donors (Lipinski definition) is 0. The summed E-state index contributed by atoms with van der Waals surface area (Å²) in [5.74, 6) is 0.928. The molecule has 0 atom stereocenters. The second-order valence-corrected chi connectivity index (χ2v) is 11.5. The van der Waals surface area contributed by atoms with Crippen molar-refractivity contribution in [2.45, 2.75) is 0 Å². The van der Waals surface area contributed by atoms with E-state index in [2.05, 4.69) is 149 Å². The molecule has 2 aromatic heterocycles. The van der Waals surface area contributed by atoms with E-state index >= 15 is 0 Å². The number of fused-ring (bicyclic) bond motifs is 4. The summed E-state index contributed by atoms with van der Waals surface area (Å²) < 4.78 is 2.25. The molecular weight excluding hydrogens is 546 g/mol. The Morgan fingerprint density at radius 1 is 0.444 bits per heavy atom. The lowest BCUT2D eigenvalue weighted by molar-refractivity contribution is 1.10. The highest BCUT2D eigenvalue weighted by atomic mass is 15.1. The largest absolute Gasteiger partial charge is 0.292 e. The predicted octanol–water partition coefficient (Wildman–Crippen LogP) is 10.9. The number of aromatic nitrogens is 3. The Hall–Kier alpha value is -6.06. The lowest BCUT2D eigenvalue weighted by Crippen LogP contribution is -1.97. The van der Waals surface area contributed by atoms with Crippen LogP contribution in [0.25, 0.3) is 82.7 Å². The third-order valence-corrected chi connectivity index (χ3v) is 8.87. The van der Waals surface area contributed by atoms with E-state index in [4.69, 9.17) is 4.98 Å². The van der Waals surface area contributed by atoms with E-state index in [1.807, 2.05) is 24.5 Å². The Balaban J connectivity index is 1.25. The average molecular weight is 574 g/mol. The zero-order chi connectivity index (χ0) is 29.7. The van der Waals surface area contributed by atoms with E-state index in [9.17, 15) is 0 Å². The smallest absolute Gasteiger partial charge is 0.145 e. The number of hydrogen-bond acceptors (Lipinski definition) is 2. The molecule has 0 fully saturated rings. The zero-order valence-electron chi connectivity index (χ0n) is 24.4. The minimum absolute atomic E-state index is 0.928. The maximum absolute atomic E-state index is 5.08. The third kappa shape index (κ3) is 4.13. The average Bonchev–Trinajstić information content (AvgIpc) is 3.50. The van der Waals surface area contributed by atoms with Gasteiger partial charge < -0.3 is 0 Å². The molecule has 210 valence electrons. The van der Waals surface area contributed by atoms with Crippen molar-refractivity contribution in [2.24, 2.45) is 0 Å². The van der Waals surface area contributed by atoms with Crippen LogP contribution in [0.2, 0.25) is 0 Å². The van der Waals surface area contributed by atoms with Gasteiger partial charge in [0.05, 0.1) is 11.0 Å². The molecule has 0 radical (unpaired) electrons. The molecule has 3 heteroatoms. The maximum Gasteiger partial charge on any atom is 0.145 e. The van der Waals surface area contributed by atoms with Crippen molar-refractivity contribution in [3.8, 4) is 39.3 Å². The minimum Gasteiger partial charge on any atom is -0.292 e. The van der Waals surface area contributed by atoms with Crippen LogP contribution in [0.1, 0.15) is 0 Å². The molecule has 0 spiro atoms. The summed E-state index contributed by atoms with van der Waals surface area (Å²) in [5, 5.41) is 7.27. The molecule has 0 amide bonds. The van der Waals surface area contributed by atoms with Crippen LogP contribution in [0.5, 0.6) is 0 Å². The highest BCUT2D eigenvalue weighted by molar-refractivity contribution is 6.21. The first-order chi connectivity index (χ1) is 22.3. The Labute approximate surface area is 260 Å². The van der Waals surface area contributed by atoms with E-state index in [0.29, 0.717) is 0 Å². The van der Waals surface area contributed by atoms with Crippen molar-refractivity contribution in [1.82, 2.24) is 14.5 Å². The monoisotopic (exact) mass is 573 g/mol. The van der Waals surface area contributed by atoms with Crippen molar-refractivity contribution in [2.75, 3.05) is 0 Å². The van der Waals surface area contributed by atoms with Crippen molar-refractivity contribution in [3.63, 3.8) is 0 Å². The number of para-hydroxylation sites is 3. The normalized spacial score (nSPS) is 11.6. The van der Waals surface area contributed by atoms with Crippen LogP contribution in [0.3, 0.4) is 0 Å².